The Hall–Kier alpha value is -2.67. The van der Waals surface area contributed by atoms with E-state index in [0.29, 0.717) is 23.1 Å². The van der Waals surface area contributed by atoms with Gasteiger partial charge >= 0.3 is 11.9 Å². The molecule has 0 saturated carbocycles. The zero-order valence-electron chi connectivity index (χ0n) is 13.6. The summed E-state index contributed by atoms with van der Waals surface area (Å²) in [5, 5.41) is 18.1. The maximum absolute atomic E-state index is 12.2. The number of carboxylic acid groups (broad SMARTS) is 2. The van der Waals surface area contributed by atoms with Crippen molar-refractivity contribution in [3.8, 4) is 11.1 Å². The number of rotatable bonds is 7. The van der Waals surface area contributed by atoms with Gasteiger partial charge < -0.3 is 10.2 Å². The minimum Gasteiger partial charge on any atom is -0.478 e. The van der Waals surface area contributed by atoms with E-state index in [1.807, 2.05) is 0 Å². The molecule has 0 aliphatic carbocycles. The second kappa shape index (κ2) is 7.48. The molecule has 7 heteroatoms. The van der Waals surface area contributed by atoms with Crippen LogP contribution in [0.1, 0.15) is 39.6 Å². The van der Waals surface area contributed by atoms with E-state index in [2.05, 4.69) is 0 Å². The van der Waals surface area contributed by atoms with Gasteiger partial charge in [-0.15, -0.1) is 0 Å². The van der Waals surface area contributed by atoms with Gasteiger partial charge in [0.05, 0.1) is 22.6 Å². The Morgan fingerprint density at radius 3 is 2.00 bits per heavy atom. The lowest BCUT2D eigenvalue weighted by atomic mass is 9.97. The van der Waals surface area contributed by atoms with Gasteiger partial charge in [-0.05, 0) is 47.4 Å². The van der Waals surface area contributed by atoms with Gasteiger partial charge in [-0.3, -0.25) is 0 Å². The van der Waals surface area contributed by atoms with Gasteiger partial charge in [-0.25, -0.2) is 18.0 Å². The first kappa shape index (κ1) is 18.7. The molecule has 6 nitrogen and oxygen atoms in total. The number of carbonyl (C=O) groups is 2. The van der Waals surface area contributed by atoms with Crippen LogP contribution in [-0.4, -0.2) is 36.3 Å². The van der Waals surface area contributed by atoms with E-state index in [0.717, 1.165) is 0 Å². The summed E-state index contributed by atoms with van der Waals surface area (Å²) in [6.45, 7) is 1.76. The lowest BCUT2D eigenvalue weighted by Crippen LogP contribution is -2.10. The van der Waals surface area contributed by atoms with Crippen molar-refractivity contribution in [2.75, 3.05) is 5.75 Å². The summed E-state index contributed by atoms with van der Waals surface area (Å²) >= 11 is 0. The lowest BCUT2D eigenvalue weighted by Gasteiger charge is -2.12. The van der Waals surface area contributed by atoms with E-state index in [1.165, 1.54) is 24.3 Å². The molecular weight excluding hydrogens is 344 g/mol. The topological polar surface area (TPSA) is 109 Å². The van der Waals surface area contributed by atoms with Crippen LogP contribution >= 0.6 is 0 Å². The molecule has 2 aromatic rings. The second-order valence-electron chi connectivity index (χ2n) is 5.65. The highest BCUT2D eigenvalue weighted by Gasteiger charge is 2.17. The first-order chi connectivity index (χ1) is 11.7. The molecule has 25 heavy (non-hydrogen) atoms. The van der Waals surface area contributed by atoms with E-state index in [4.69, 9.17) is 10.2 Å². The fraction of sp³-hybridized carbons (Fsp3) is 0.222. The molecule has 0 aromatic heterocycles. The molecule has 0 fully saturated rings. The van der Waals surface area contributed by atoms with Crippen LogP contribution in [0.25, 0.3) is 11.1 Å². The quantitative estimate of drug-likeness (QED) is 0.783. The van der Waals surface area contributed by atoms with Crippen molar-refractivity contribution >= 4 is 21.8 Å². The fourth-order valence-electron chi connectivity index (χ4n) is 2.54. The van der Waals surface area contributed by atoms with Gasteiger partial charge in [0.1, 0.15) is 0 Å². The molecule has 0 heterocycles. The van der Waals surface area contributed by atoms with Gasteiger partial charge in [-0.1, -0.05) is 25.1 Å². The molecule has 0 saturated heterocycles. The maximum Gasteiger partial charge on any atom is 0.335 e. The van der Waals surface area contributed by atoms with Crippen LogP contribution in [0.5, 0.6) is 0 Å². The van der Waals surface area contributed by atoms with Crippen LogP contribution in [0.2, 0.25) is 0 Å². The van der Waals surface area contributed by atoms with Crippen LogP contribution < -0.4 is 0 Å². The van der Waals surface area contributed by atoms with Crippen molar-refractivity contribution in [3.63, 3.8) is 0 Å². The van der Waals surface area contributed by atoms with E-state index in [-0.39, 0.29) is 22.6 Å². The number of carboxylic acids is 2. The van der Waals surface area contributed by atoms with Crippen molar-refractivity contribution in [2.45, 2.75) is 19.1 Å². The summed E-state index contributed by atoms with van der Waals surface area (Å²) in [5.41, 5.74) is 1.71. The Labute approximate surface area is 145 Å². The molecule has 0 radical (unpaired) electrons. The van der Waals surface area contributed by atoms with Gasteiger partial charge in [0.25, 0.3) is 0 Å². The summed E-state index contributed by atoms with van der Waals surface area (Å²) in [7, 11) is -3.37. The average molecular weight is 362 g/mol. The Kier molecular flexibility index (Phi) is 5.58. The highest BCUT2D eigenvalue weighted by molar-refractivity contribution is 7.90. The van der Waals surface area contributed by atoms with E-state index in [9.17, 15) is 18.0 Å². The number of benzene rings is 2. The van der Waals surface area contributed by atoms with Gasteiger partial charge in [0.2, 0.25) is 0 Å². The first-order valence-electron chi connectivity index (χ1n) is 7.64. The Morgan fingerprint density at radius 2 is 1.48 bits per heavy atom. The predicted octanol–water partition coefficient (Wildman–Crippen LogP) is 3.07. The van der Waals surface area contributed by atoms with Crippen LogP contribution in [0, 0.1) is 0 Å². The van der Waals surface area contributed by atoms with Crippen LogP contribution in [0.3, 0.4) is 0 Å². The van der Waals surface area contributed by atoms with Crippen molar-refractivity contribution < 1.29 is 28.2 Å². The standard InChI is InChI=1S/C18H18O6S/c1-2-9-25(23,24)11-15-10-14(18(21)22)7-8-16(15)12-3-5-13(6-4-12)17(19)20/h3-8,10H,2,9,11H2,1H3,(H,19,20)(H,21,22). The van der Waals surface area contributed by atoms with Gasteiger partial charge in [0.15, 0.2) is 9.84 Å². The molecule has 0 bridgehead atoms. The fourth-order valence-corrected chi connectivity index (χ4v) is 4.02. The number of hydrogen-bond acceptors (Lipinski definition) is 4. The largest absolute Gasteiger partial charge is 0.478 e. The summed E-state index contributed by atoms with van der Waals surface area (Å²) in [6, 6.07) is 10.3. The van der Waals surface area contributed by atoms with Crippen molar-refractivity contribution in [2.24, 2.45) is 0 Å². The summed E-state index contributed by atoms with van der Waals surface area (Å²) in [4.78, 5) is 22.1. The van der Waals surface area contributed by atoms with Crippen molar-refractivity contribution in [1.29, 1.82) is 0 Å². The minimum atomic E-state index is -3.37. The molecule has 2 aromatic carbocycles. The van der Waals surface area contributed by atoms with Gasteiger partial charge in [-0.2, -0.15) is 0 Å². The zero-order valence-corrected chi connectivity index (χ0v) is 14.4. The van der Waals surface area contributed by atoms with E-state index < -0.39 is 21.8 Å². The second-order valence-corrected chi connectivity index (χ2v) is 7.84. The molecule has 0 amide bonds. The average Bonchev–Trinajstić information content (AvgIpc) is 2.54. The van der Waals surface area contributed by atoms with Crippen LogP contribution in [0.15, 0.2) is 42.5 Å². The number of hydrogen-bond donors (Lipinski definition) is 2. The molecule has 2 N–H and O–H groups in total. The molecule has 0 atom stereocenters. The van der Waals surface area contributed by atoms with Crippen molar-refractivity contribution in [1.82, 2.24) is 0 Å². The Balaban J connectivity index is 2.52. The first-order valence-corrected chi connectivity index (χ1v) is 9.46. The summed E-state index contributed by atoms with van der Waals surface area (Å²) < 4.78 is 24.4. The molecule has 132 valence electrons. The summed E-state index contributed by atoms with van der Waals surface area (Å²) in [5.74, 6) is -2.44. The Morgan fingerprint density at radius 1 is 0.920 bits per heavy atom. The smallest absolute Gasteiger partial charge is 0.335 e. The molecule has 0 aliphatic heterocycles. The molecular formula is C18H18O6S. The lowest BCUT2D eigenvalue weighted by molar-refractivity contribution is 0.0686. The van der Waals surface area contributed by atoms with Gasteiger partial charge in [0, 0.05) is 0 Å². The van der Waals surface area contributed by atoms with Crippen LogP contribution in [0.4, 0.5) is 0 Å². The summed E-state index contributed by atoms with van der Waals surface area (Å²) in [6.07, 6.45) is 0.476. The molecule has 0 aliphatic rings. The molecule has 2 rings (SSSR count). The van der Waals surface area contributed by atoms with E-state index >= 15 is 0 Å². The SMILES string of the molecule is CCCS(=O)(=O)Cc1cc(C(=O)O)ccc1-c1ccc(C(=O)O)cc1. The maximum atomic E-state index is 12.2. The zero-order chi connectivity index (χ0) is 18.6. The third kappa shape index (κ3) is 4.67. The Bertz CT molecular complexity index is 898. The molecule has 0 unspecified atom stereocenters. The van der Waals surface area contributed by atoms with Crippen molar-refractivity contribution in [3.05, 3.63) is 59.2 Å². The third-order valence-corrected chi connectivity index (χ3v) is 5.47. The third-order valence-electron chi connectivity index (χ3n) is 3.69. The number of aromatic carboxylic acids is 2. The van der Waals surface area contributed by atoms with Crippen LogP contribution in [-0.2, 0) is 15.6 Å². The number of sulfone groups is 1. The highest BCUT2D eigenvalue weighted by atomic mass is 32.2. The monoisotopic (exact) mass is 362 g/mol. The highest BCUT2D eigenvalue weighted by Crippen LogP contribution is 2.27. The predicted molar refractivity (Wildman–Crippen MR) is 93.6 cm³/mol. The van der Waals surface area contributed by atoms with E-state index in [1.54, 1.807) is 25.1 Å². The molecule has 0 spiro atoms. The normalized spacial score (nSPS) is 11.2. The minimum absolute atomic E-state index is 0.00704.